The predicted molar refractivity (Wildman–Crippen MR) is 28.3 cm³/mol. The van der Waals surface area contributed by atoms with Gasteiger partial charge in [-0.05, 0) is 0 Å². The summed E-state index contributed by atoms with van der Waals surface area (Å²) < 4.78 is 0. The number of nitriles is 1. The first-order chi connectivity index (χ1) is 3.43. The lowest BCUT2D eigenvalue weighted by atomic mass is 10.6. The molecule has 0 amide bonds. The van der Waals surface area contributed by atoms with Gasteiger partial charge >= 0.3 is 0 Å². The summed E-state index contributed by atoms with van der Waals surface area (Å²) >= 11 is 0. The van der Waals surface area contributed by atoms with Crippen molar-refractivity contribution in [3.8, 4) is 6.07 Å². The largest absolute Gasteiger partial charge is 0.197 e. The van der Waals surface area contributed by atoms with E-state index in [4.69, 9.17) is 5.26 Å². The Labute approximate surface area is 51.9 Å². The van der Waals surface area contributed by atoms with E-state index in [9.17, 15) is 0 Å². The fourth-order valence-corrected chi connectivity index (χ4v) is 0.255. The standard InChI is InChI=1S/C3H2N4.ClH/c4-1-3-2-5-7-6-3;/h2H,(H,5,6,7);1H. The molecule has 5 heteroatoms. The molecule has 1 N–H and O–H groups in total. The van der Waals surface area contributed by atoms with Crippen LogP contribution in [0.2, 0.25) is 0 Å². The van der Waals surface area contributed by atoms with Gasteiger partial charge in [-0.3, -0.25) is 0 Å². The summed E-state index contributed by atoms with van der Waals surface area (Å²) in [5.41, 5.74) is 0.319. The van der Waals surface area contributed by atoms with Crippen molar-refractivity contribution in [1.29, 1.82) is 5.26 Å². The third-order valence-electron chi connectivity index (χ3n) is 0.530. The van der Waals surface area contributed by atoms with E-state index >= 15 is 0 Å². The Morgan fingerprint density at radius 1 is 1.75 bits per heavy atom. The molecule has 0 fully saturated rings. The SMILES string of the molecule is Cl.N#Cc1cn[nH]n1. The third-order valence-corrected chi connectivity index (χ3v) is 0.530. The summed E-state index contributed by atoms with van der Waals surface area (Å²) in [4.78, 5) is 0. The number of hydrogen-bond donors (Lipinski definition) is 1. The maximum atomic E-state index is 8.05. The molecule has 0 spiro atoms. The van der Waals surface area contributed by atoms with E-state index < -0.39 is 0 Å². The number of halogens is 1. The van der Waals surface area contributed by atoms with Gasteiger partial charge in [-0.2, -0.15) is 15.6 Å². The second kappa shape index (κ2) is 2.99. The summed E-state index contributed by atoms with van der Waals surface area (Å²) in [5, 5.41) is 17.2. The number of H-pyrrole nitrogens is 1. The van der Waals surface area contributed by atoms with Crippen molar-refractivity contribution in [2.45, 2.75) is 0 Å². The number of aromatic amines is 1. The van der Waals surface area contributed by atoms with E-state index in [1.807, 2.05) is 0 Å². The van der Waals surface area contributed by atoms with Crippen molar-refractivity contribution in [3.05, 3.63) is 11.9 Å². The second-order valence-electron chi connectivity index (χ2n) is 0.967. The fraction of sp³-hybridized carbons (Fsp3) is 0. The minimum atomic E-state index is 0. The number of nitrogens with one attached hydrogen (secondary N) is 1. The van der Waals surface area contributed by atoms with Crippen molar-refractivity contribution < 1.29 is 0 Å². The van der Waals surface area contributed by atoms with E-state index in [0.717, 1.165) is 0 Å². The van der Waals surface area contributed by atoms with Gasteiger partial charge in [0.1, 0.15) is 6.07 Å². The molecule has 0 bridgehead atoms. The van der Waals surface area contributed by atoms with Crippen LogP contribution in [-0.4, -0.2) is 15.4 Å². The van der Waals surface area contributed by atoms with Crippen LogP contribution >= 0.6 is 12.4 Å². The van der Waals surface area contributed by atoms with Gasteiger partial charge in [-0.1, -0.05) is 0 Å². The van der Waals surface area contributed by atoms with Gasteiger partial charge < -0.3 is 0 Å². The van der Waals surface area contributed by atoms with E-state index in [-0.39, 0.29) is 12.4 Å². The van der Waals surface area contributed by atoms with Crippen LogP contribution in [-0.2, 0) is 0 Å². The molecular formula is C3H3ClN4. The van der Waals surface area contributed by atoms with Crippen molar-refractivity contribution in [1.82, 2.24) is 15.4 Å². The molecule has 8 heavy (non-hydrogen) atoms. The first-order valence-corrected chi connectivity index (χ1v) is 1.69. The summed E-state index contributed by atoms with van der Waals surface area (Å²) in [5.74, 6) is 0. The Hall–Kier alpha value is -1.08. The van der Waals surface area contributed by atoms with Crippen LogP contribution < -0.4 is 0 Å². The van der Waals surface area contributed by atoms with Gasteiger partial charge in [0.25, 0.3) is 0 Å². The van der Waals surface area contributed by atoms with Gasteiger partial charge in [0.2, 0.25) is 0 Å². The van der Waals surface area contributed by atoms with Gasteiger partial charge in [0.15, 0.2) is 5.69 Å². The van der Waals surface area contributed by atoms with E-state index in [1.165, 1.54) is 6.20 Å². The number of aromatic nitrogens is 3. The molecule has 0 aliphatic heterocycles. The number of rotatable bonds is 0. The first kappa shape index (κ1) is 6.92. The Balaban J connectivity index is 0.000000490. The minimum Gasteiger partial charge on any atom is -0.197 e. The highest BCUT2D eigenvalue weighted by molar-refractivity contribution is 5.85. The molecule has 1 heterocycles. The highest BCUT2D eigenvalue weighted by Gasteiger charge is 1.85. The number of nitrogens with zero attached hydrogens (tertiary/aromatic N) is 3. The quantitative estimate of drug-likeness (QED) is 0.542. The molecule has 0 saturated heterocycles. The predicted octanol–water partition coefficient (Wildman–Crippen LogP) is 0.0982. The molecule has 1 aromatic rings. The maximum absolute atomic E-state index is 8.05. The molecule has 0 aliphatic rings. The van der Waals surface area contributed by atoms with Gasteiger partial charge in [0, 0.05) is 0 Å². The fourth-order valence-electron chi connectivity index (χ4n) is 0.255. The van der Waals surface area contributed by atoms with E-state index in [1.54, 1.807) is 6.07 Å². The molecule has 0 aromatic carbocycles. The highest BCUT2D eigenvalue weighted by atomic mass is 35.5. The second-order valence-corrected chi connectivity index (χ2v) is 0.967. The average molecular weight is 131 g/mol. The Morgan fingerprint density at radius 2 is 2.50 bits per heavy atom. The lowest BCUT2D eigenvalue weighted by molar-refractivity contribution is 0.935. The zero-order chi connectivity index (χ0) is 5.11. The van der Waals surface area contributed by atoms with Crippen molar-refractivity contribution >= 4 is 12.4 Å². The van der Waals surface area contributed by atoms with Gasteiger partial charge in [-0.15, -0.1) is 17.5 Å². The van der Waals surface area contributed by atoms with Crippen LogP contribution in [0, 0.1) is 11.3 Å². The topological polar surface area (TPSA) is 65.4 Å². The maximum Gasteiger partial charge on any atom is 0.182 e. The summed E-state index contributed by atoms with van der Waals surface area (Å²) in [7, 11) is 0. The van der Waals surface area contributed by atoms with Crippen LogP contribution in [0.1, 0.15) is 5.69 Å². The van der Waals surface area contributed by atoms with Crippen molar-refractivity contribution in [2.24, 2.45) is 0 Å². The Morgan fingerprint density at radius 3 is 2.75 bits per heavy atom. The van der Waals surface area contributed by atoms with Crippen LogP contribution in [0.5, 0.6) is 0 Å². The molecule has 0 unspecified atom stereocenters. The lowest BCUT2D eigenvalue weighted by Crippen LogP contribution is -1.69. The summed E-state index contributed by atoms with van der Waals surface area (Å²) in [6.45, 7) is 0. The van der Waals surface area contributed by atoms with Gasteiger partial charge in [0.05, 0.1) is 6.20 Å². The van der Waals surface area contributed by atoms with Crippen LogP contribution in [0.4, 0.5) is 0 Å². The molecule has 0 atom stereocenters. The zero-order valence-corrected chi connectivity index (χ0v) is 4.64. The molecule has 0 saturated carbocycles. The minimum absolute atomic E-state index is 0. The molecular weight excluding hydrogens is 128 g/mol. The van der Waals surface area contributed by atoms with E-state index in [2.05, 4.69) is 15.4 Å². The average Bonchev–Trinajstić information content (AvgIpc) is 2.14. The molecule has 42 valence electrons. The number of hydrogen-bond acceptors (Lipinski definition) is 3. The molecule has 4 nitrogen and oxygen atoms in total. The molecule has 0 aliphatic carbocycles. The van der Waals surface area contributed by atoms with Crippen LogP contribution in [0.3, 0.4) is 0 Å². The zero-order valence-electron chi connectivity index (χ0n) is 3.83. The molecule has 1 aromatic heterocycles. The van der Waals surface area contributed by atoms with Crippen LogP contribution in [0.25, 0.3) is 0 Å². The van der Waals surface area contributed by atoms with Crippen molar-refractivity contribution in [3.63, 3.8) is 0 Å². The molecule has 0 radical (unpaired) electrons. The molecule has 1 rings (SSSR count). The Bertz CT molecular complexity index is 174. The highest BCUT2D eigenvalue weighted by Crippen LogP contribution is 1.78. The smallest absolute Gasteiger partial charge is 0.182 e. The monoisotopic (exact) mass is 130 g/mol. The first-order valence-electron chi connectivity index (χ1n) is 1.69. The summed E-state index contributed by atoms with van der Waals surface area (Å²) in [6.07, 6.45) is 1.36. The van der Waals surface area contributed by atoms with Crippen molar-refractivity contribution in [2.75, 3.05) is 0 Å². The summed E-state index contributed by atoms with van der Waals surface area (Å²) in [6, 6.07) is 1.80. The van der Waals surface area contributed by atoms with Crippen LogP contribution in [0.15, 0.2) is 6.20 Å². The van der Waals surface area contributed by atoms with Gasteiger partial charge in [-0.25, -0.2) is 0 Å². The normalized spacial score (nSPS) is 6.88. The lowest BCUT2D eigenvalue weighted by Gasteiger charge is -1.59. The third kappa shape index (κ3) is 1.21. The van der Waals surface area contributed by atoms with E-state index in [0.29, 0.717) is 5.69 Å². The Kier molecular flexibility index (Phi) is 2.59.